The Labute approximate surface area is 189 Å². The molecule has 0 bridgehead atoms. The summed E-state index contributed by atoms with van der Waals surface area (Å²) in [5.41, 5.74) is 7.74. The lowest BCUT2D eigenvalue weighted by Crippen LogP contribution is -2.35. The predicted molar refractivity (Wildman–Crippen MR) is 129 cm³/mol. The summed E-state index contributed by atoms with van der Waals surface area (Å²) in [7, 11) is 0. The molecule has 1 fully saturated rings. The lowest BCUT2D eigenvalue weighted by atomic mass is 9.89. The van der Waals surface area contributed by atoms with Gasteiger partial charge in [0, 0.05) is 30.9 Å². The summed E-state index contributed by atoms with van der Waals surface area (Å²) < 4.78 is 5.41. The van der Waals surface area contributed by atoms with Gasteiger partial charge < -0.3 is 10.1 Å². The molecule has 2 aliphatic rings. The molecule has 4 nitrogen and oxygen atoms in total. The highest BCUT2D eigenvalue weighted by Gasteiger charge is 2.17. The molecular weight excluding hydrogens is 396 g/mol. The summed E-state index contributed by atoms with van der Waals surface area (Å²) >= 11 is 0. The van der Waals surface area contributed by atoms with Gasteiger partial charge in [-0.1, -0.05) is 54.6 Å². The van der Waals surface area contributed by atoms with Crippen LogP contribution in [0.2, 0.25) is 0 Å². The Morgan fingerprint density at radius 1 is 0.875 bits per heavy atom. The molecule has 0 atom stereocenters. The number of benzene rings is 3. The number of aryl methyl sites for hydroxylation is 1. The minimum atomic E-state index is -0.0123. The molecule has 0 spiro atoms. The minimum Gasteiger partial charge on any atom is -0.379 e. The predicted octanol–water partition coefficient (Wildman–Crippen LogP) is 5.15. The van der Waals surface area contributed by atoms with Gasteiger partial charge in [-0.15, -0.1) is 0 Å². The monoisotopic (exact) mass is 424 g/mol. The number of ether oxygens (including phenoxy) is 1. The highest BCUT2D eigenvalue weighted by molar-refractivity contribution is 6.07. The Morgan fingerprint density at radius 2 is 1.66 bits per heavy atom. The van der Waals surface area contributed by atoms with Gasteiger partial charge in [-0.3, -0.25) is 9.69 Å². The summed E-state index contributed by atoms with van der Waals surface area (Å²) in [6.45, 7) is 4.47. The van der Waals surface area contributed by atoms with E-state index >= 15 is 0 Å². The van der Waals surface area contributed by atoms with Crippen LogP contribution in [0.4, 0.5) is 5.69 Å². The largest absolute Gasteiger partial charge is 0.379 e. The molecule has 1 N–H and O–H groups in total. The summed E-state index contributed by atoms with van der Waals surface area (Å²) in [5.74, 6) is -0.0123. The minimum absolute atomic E-state index is 0.0123. The molecule has 0 saturated carbocycles. The number of nitrogens with one attached hydrogen (secondary N) is 1. The molecule has 4 heteroatoms. The second-order valence-electron chi connectivity index (χ2n) is 8.49. The number of carbonyl (C=O) groups excluding carboxylic acids is 1. The number of morpholine rings is 1. The van der Waals surface area contributed by atoms with Crippen molar-refractivity contribution in [1.29, 1.82) is 0 Å². The van der Waals surface area contributed by atoms with E-state index in [4.69, 9.17) is 4.74 Å². The number of amides is 1. The smallest absolute Gasteiger partial charge is 0.251 e. The van der Waals surface area contributed by atoms with Crippen molar-refractivity contribution in [3.05, 3.63) is 95.1 Å². The second kappa shape index (κ2) is 9.51. The van der Waals surface area contributed by atoms with Gasteiger partial charge in [-0.2, -0.15) is 0 Å². The first-order chi connectivity index (χ1) is 15.7. The number of hydrogen-bond acceptors (Lipinski definition) is 3. The Morgan fingerprint density at radius 3 is 2.44 bits per heavy atom. The van der Waals surface area contributed by atoms with Crippen LogP contribution in [-0.4, -0.2) is 37.1 Å². The molecule has 162 valence electrons. The fraction of sp³-hybridized carbons (Fsp3) is 0.250. The van der Waals surface area contributed by atoms with Crippen LogP contribution in [-0.2, 0) is 22.5 Å². The number of fused-ring (bicyclic) bond motifs is 1. The normalized spacial score (nSPS) is 16.2. The zero-order valence-corrected chi connectivity index (χ0v) is 18.2. The maximum Gasteiger partial charge on any atom is 0.251 e. The van der Waals surface area contributed by atoms with Crippen molar-refractivity contribution >= 4 is 17.7 Å². The van der Waals surface area contributed by atoms with Gasteiger partial charge >= 0.3 is 0 Å². The van der Waals surface area contributed by atoms with Crippen LogP contribution in [0.15, 0.2) is 78.4 Å². The summed E-state index contributed by atoms with van der Waals surface area (Å²) in [6.07, 6.45) is 3.70. The standard InChI is InChI=1S/C28H28N2O2/c31-28(29-27-12-6-21(7-13-27)20-30-14-16-32-17-15-30)25-11-9-23-8-10-24(18-26(23)19-25)22-4-2-1-3-5-22/h1-8,10,12-13,18-19H,9,11,14-17,20H2,(H,29,31). The third-order valence-electron chi connectivity index (χ3n) is 6.26. The number of anilines is 1. The first kappa shape index (κ1) is 20.7. The molecule has 3 aromatic carbocycles. The molecule has 0 aromatic heterocycles. The Hall–Kier alpha value is -3.21. The van der Waals surface area contributed by atoms with Crippen molar-refractivity contribution in [1.82, 2.24) is 4.90 Å². The molecule has 1 heterocycles. The van der Waals surface area contributed by atoms with E-state index in [2.05, 4.69) is 64.8 Å². The van der Waals surface area contributed by atoms with Crippen LogP contribution in [0.3, 0.4) is 0 Å². The molecule has 1 aliphatic carbocycles. The van der Waals surface area contributed by atoms with Crippen LogP contribution in [0, 0.1) is 0 Å². The van der Waals surface area contributed by atoms with E-state index in [-0.39, 0.29) is 5.91 Å². The maximum atomic E-state index is 12.9. The second-order valence-corrected chi connectivity index (χ2v) is 8.49. The van der Waals surface area contributed by atoms with Crippen molar-refractivity contribution in [2.45, 2.75) is 19.4 Å². The third kappa shape index (κ3) is 4.82. The van der Waals surface area contributed by atoms with Crippen molar-refractivity contribution in [3.8, 4) is 11.1 Å². The van der Waals surface area contributed by atoms with E-state index in [9.17, 15) is 4.79 Å². The highest BCUT2D eigenvalue weighted by Crippen LogP contribution is 2.29. The number of hydrogen-bond donors (Lipinski definition) is 1. The van der Waals surface area contributed by atoms with Crippen molar-refractivity contribution in [2.75, 3.05) is 31.6 Å². The first-order valence-corrected chi connectivity index (χ1v) is 11.3. The van der Waals surface area contributed by atoms with Gasteiger partial charge in [-0.05, 0) is 64.9 Å². The number of nitrogens with zero attached hydrogens (tertiary/aromatic N) is 1. The molecule has 3 aromatic rings. The van der Waals surface area contributed by atoms with E-state index in [1.165, 1.54) is 22.3 Å². The van der Waals surface area contributed by atoms with Gasteiger partial charge in [0.05, 0.1) is 13.2 Å². The van der Waals surface area contributed by atoms with Gasteiger partial charge in [0.2, 0.25) is 0 Å². The zero-order valence-electron chi connectivity index (χ0n) is 18.2. The maximum absolute atomic E-state index is 12.9. The van der Waals surface area contributed by atoms with Crippen molar-refractivity contribution in [3.63, 3.8) is 0 Å². The van der Waals surface area contributed by atoms with Crippen LogP contribution >= 0.6 is 0 Å². The van der Waals surface area contributed by atoms with Crippen LogP contribution in [0.25, 0.3) is 17.2 Å². The van der Waals surface area contributed by atoms with Gasteiger partial charge in [0.1, 0.15) is 0 Å². The lowest BCUT2D eigenvalue weighted by Gasteiger charge is -2.26. The SMILES string of the molecule is O=C(Nc1ccc(CN2CCOCC2)cc1)C1=Cc2cc(-c3ccccc3)ccc2CC1. The first-order valence-electron chi connectivity index (χ1n) is 11.3. The molecule has 32 heavy (non-hydrogen) atoms. The zero-order chi connectivity index (χ0) is 21.8. The van der Waals surface area contributed by atoms with Crippen LogP contribution in [0.5, 0.6) is 0 Å². The van der Waals surface area contributed by atoms with E-state index in [1.54, 1.807) is 0 Å². The van der Waals surface area contributed by atoms with E-state index in [0.29, 0.717) is 0 Å². The average molecular weight is 425 g/mol. The number of rotatable bonds is 5. The quantitative estimate of drug-likeness (QED) is 0.616. The van der Waals surface area contributed by atoms with Crippen molar-refractivity contribution < 1.29 is 9.53 Å². The van der Waals surface area contributed by atoms with Gasteiger partial charge in [0.25, 0.3) is 5.91 Å². The van der Waals surface area contributed by atoms with E-state index in [1.807, 2.05) is 24.3 Å². The highest BCUT2D eigenvalue weighted by atomic mass is 16.5. The summed E-state index contributed by atoms with van der Waals surface area (Å²) in [6, 6.07) is 25.1. The molecule has 1 amide bonds. The van der Waals surface area contributed by atoms with Gasteiger partial charge in [-0.25, -0.2) is 0 Å². The van der Waals surface area contributed by atoms with E-state index < -0.39 is 0 Å². The summed E-state index contributed by atoms with van der Waals surface area (Å²) in [5, 5.41) is 3.08. The van der Waals surface area contributed by atoms with E-state index in [0.717, 1.165) is 62.5 Å². The fourth-order valence-corrected chi connectivity index (χ4v) is 4.40. The fourth-order valence-electron chi connectivity index (χ4n) is 4.40. The topological polar surface area (TPSA) is 41.6 Å². The molecule has 0 radical (unpaired) electrons. The Kier molecular flexibility index (Phi) is 6.15. The summed E-state index contributed by atoms with van der Waals surface area (Å²) in [4.78, 5) is 15.3. The average Bonchev–Trinajstić information content (AvgIpc) is 2.86. The molecular formula is C28H28N2O2. The lowest BCUT2D eigenvalue weighted by molar-refractivity contribution is -0.112. The van der Waals surface area contributed by atoms with Crippen LogP contribution < -0.4 is 5.32 Å². The Balaban J connectivity index is 1.26. The third-order valence-corrected chi connectivity index (χ3v) is 6.26. The number of carbonyl (C=O) groups is 1. The molecule has 1 saturated heterocycles. The molecule has 1 aliphatic heterocycles. The molecule has 5 rings (SSSR count). The van der Waals surface area contributed by atoms with Crippen molar-refractivity contribution in [2.24, 2.45) is 0 Å². The molecule has 0 unspecified atom stereocenters. The Bertz CT molecular complexity index is 1110. The van der Waals surface area contributed by atoms with Crippen LogP contribution in [0.1, 0.15) is 23.1 Å². The van der Waals surface area contributed by atoms with Gasteiger partial charge in [0.15, 0.2) is 0 Å².